The van der Waals surface area contributed by atoms with Gasteiger partial charge < -0.3 is 15.2 Å². The van der Waals surface area contributed by atoms with Gasteiger partial charge in [-0.15, -0.1) is 11.3 Å². The highest BCUT2D eigenvalue weighted by atomic mass is 32.1. The molecule has 2 aromatic rings. The van der Waals surface area contributed by atoms with E-state index >= 15 is 0 Å². The summed E-state index contributed by atoms with van der Waals surface area (Å²) in [6, 6.07) is 1.30. The van der Waals surface area contributed by atoms with E-state index in [0.29, 0.717) is 35.1 Å². The molecule has 0 aromatic carbocycles. The number of hydrogen-bond donors (Lipinski definition) is 2. The number of aromatic nitrogens is 2. The van der Waals surface area contributed by atoms with Crippen LogP contribution in [0, 0.1) is 6.92 Å². The number of thiophene rings is 1. The predicted molar refractivity (Wildman–Crippen MR) is 72.1 cm³/mol. The Labute approximate surface area is 118 Å². The number of nitrogens with one attached hydrogen (secondary N) is 2. The molecule has 0 radical (unpaired) electrons. The molecule has 0 spiro atoms. The number of carbonyl (C=O) groups is 2. The summed E-state index contributed by atoms with van der Waals surface area (Å²) in [5.41, 5.74) is 0.616. The summed E-state index contributed by atoms with van der Waals surface area (Å²) in [7, 11) is 0. The minimum atomic E-state index is -0.473. The highest BCUT2D eigenvalue weighted by Gasteiger charge is 2.28. The van der Waals surface area contributed by atoms with Gasteiger partial charge in [0.25, 0.3) is 5.89 Å². The normalized spacial score (nSPS) is 18.1. The van der Waals surface area contributed by atoms with Gasteiger partial charge in [0, 0.05) is 6.42 Å². The molecule has 1 unspecified atom stereocenters. The Morgan fingerprint density at radius 1 is 1.60 bits per heavy atom. The van der Waals surface area contributed by atoms with Gasteiger partial charge in [-0.05, 0) is 24.8 Å². The van der Waals surface area contributed by atoms with Crippen LogP contribution in [0.15, 0.2) is 16.0 Å². The van der Waals surface area contributed by atoms with Crippen molar-refractivity contribution in [3.8, 4) is 10.8 Å². The average Bonchev–Trinajstić information content (AvgIpc) is 3.10. The molecular formula is C12H12N4O3S. The second kappa shape index (κ2) is 5.04. The number of amides is 2. The molecule has 0 saturated carbocycles. The number of rotatable bonds is 3. The van der Waals surface area contributed by atoms with Crippen molar-refractivity contribution in [2.75, 3.05) is 5.32 Å². The molecule has 2 aromatic heterocycles. The van der Waals surface area contributed by atoms with Gasteiger partial charge in [0.1, 0.15) is 10.9 Å². The molecule has 3 heterocycles. The molecule has 0 aliphatic carbocycles. The molecule has 7 nitrogen and oxygen atoms in total. The molecule has 8 heteroatoms. The van der Waals surface area contributed by atoms with E-state index in [9.17, 15) is 9.59 Å². The Morgan fingerprint density at radius 2 is 2.45 bits per heavy atom. The van der Waals surface area contributed by atoms with Crippen molar-refractivity contribution in [3.63, 3.8) is 0 Å². The summed E-state index contributed by atoms with van der Waals surface area (Å²) in [5.74, 6) is 0.590. The van der Waals surface area contributed by atoms with Crippen LogP contribution in [0.3, 0.4) is 0 Å². The summed E-state index contributed by atoms with van der Waals surface area (Å²) in [5, 5.41) is 11.0. The second-order valence-corrected chi connectivity index (χ2v) is 5.37. The lowest BCUT2D eigenvalue weighted by Gasteiger charge is -2.10. The molecule has 1 fully saturated rings. The molecule has 2 amide bonds. The van der Waals surface area contributed by atoms with E-state index in [2.05, 4.69) is 20.8 Å². The fraction of sp³-hybridized carbons (Fsp3) is 0.333. The first-order valence-corrected chi connectivity index (χ1v) is 7.00. The van der Waals surface area contributed by atoms with E-state index < -0.39 is 6.04 Å². The predicted octanol–water partition coefficient (Wildman–Crippen LogP) is 1.32. The van der Waals surface area contributed by atoms with Gasteiger partial charge in [0.05, 0.1) is 5.69 Å². The lowest BCUT2D eigenvalue weighted by molar-refractivity contribution is -0.122. The molecule has 1 saturated heterocycles. The minimum Gasteiger partial charge on any atom is -0.344 e. The Bertz CT molecular complexity index is 663. The molecule has 2 N–H and O–H groups in total. The number of hydrogen-bond acceptors (Lipinski definition) is 6. The van der Waals surface area contributed by atoms with Crippen molar-refractivity contribution in [1.29, 1.82) is 0 Å². The maximum Gasteiger partial charge on any atom is 0.270 e. The monoisotopic (exact) mass is 292 g/mol. The van der Waals surface area contributed by atoms with Gasteiger partial charge in [0.15, 0.2) is 5.82 Å². The quantitative estimate of drug-likeness (QED) is 0.889. The van der Waals surface area contributed by atoms with Crippen molar-refractivity contribution in [3.05, 3.63) is 17.3 Å². The minimum absolute atomic E-state index is 0.0942. The van der Waals surface area contributed by atoms with Gasteiger partial charge in [0.2, 0.25) is 11.8 Å². The summed E-state index contributed by atoms with van der Waals surface area (Å²) in [6.45, 7) is 1.73. The standard InChI is InChI=1S/C12H12N4O3S/c1-6-13-12(19-16-6)10-7(4-5-20-10)15-11(18)8-2-3-9(17)14-8/h4-5,8H,2-3H2,1H3,(H,14,17)(H,15,18). The summed E-state index contributed by atoms with van der Waals surface area (Å²) >= 11 is 1.40. The van der Waals surface area contributed by atoms with Crippen LogP contribution in [0.4, 0.5) is 5.69 Å². The van der Waals surface area contributed by atoms with E-state index in [-0.39, 0.29) is 11.8 Å². The van der Waals surface area contributed by atoms with Crippen LogP contribution in [0.1, 0.15) is 18.7 Å². The maximum atomic E-state index is 12.1. The smallest absolute Gasteiger partial charge is 0.270 e. The molecule has 0 bridgehead atoms. The van der Waals surface area contributed by atoms with E-state index in [1.165, 1.54) is 11.3 Å². The third-order valence-electron chi connectivity index (χ3n) is 2.96. The van der Waals surface area contributed by atoms with E-state index in [1.54, 1.807) is 13.0 Å². The molecule has 1 atom stereocenters. The first-order valence-electron chi connectivity index (χ1n) is 6.12. The second-order valence-electron chi connectivity index (χ2n) is 4.46. The Morgan fingerprint density at radius 3 is 3.10 bits per heavy atom. The maximum absolute atomic E-state index is 12.1. The van der Waals surface area contributed by atoms with Crippen LogP contribution in [-0.2, 0) is 9.59 Å². The van der Waals surface area contributed by atoms with E-state index in [4.69, 9.17) is 4.52 Å². The summed E-state index contributed by atoms with van der Waals surface area (Å²) in [6.07, 6.45) is 0.904. The summed E-state index contributed by atoms with van der Waals surface area (Å²) in [4.78, 5) is 28.0. The fourth-order valence-corrected chi connectivity index (χ4v) is 2.76. The van der Waals surface area contributed by atoms with Gasteiger partial charge >= 0.3 is 0 Å². The molecule has 3 rings (SSSR count). The third kappa shape index (κ3) is 2.42. The number of aryl methyl sites for hydroxylation is 1. The third-order valence-corrected chi connectivity index (χ3v) is 3.86. The van der Waals surface area contributed by atoms with Crippen LogP contribution >= 0.6 is 11.3 Å². The largest absolute Gasteiger partial charge is 0.344 e. The zero-order valence-corrected chi connectivity index (χ0v) is 11.5. The van der Waals surface area contributed by atoms with Crippen LogP contribution in [-0.4, -0.2) is 28.0 Å². The highest BCUT2D eigenvalue weighted by molar-refractivity contribution is 7.14. The van der Waals surface area contributed by atoms with Crippen molar-refractivity contribution in [2.24, 2.45) is 0 Å². The SMILES string of the molecule is Cc1noc(-c2sccc2NC(=O)C2CCC(=O)N2)n1. The van der Waals surface area contributed by atoms with Gasteiger partial charge in [-0.1, -0.05) is 5.16 Å². The molecule has 1 aliphatic heterocycles. The van der Waals surface area contributed by atoms with E-state index in [0.717, 1.165) is 0 Å². The molecule has 104 valence electrons. The van der Waals surface area contributed by atoms with Crippen molar-refractivity contribution in [2.45, 2.75) is 25.8 Å². The Kier molecular flexibility index (Phi) is 3.23. The van der Waals surface area contributed by atoms with Gasteiger partial charge in [-0.2, -0.15) is 4.98 Å². The van der Waals surface area contributed by atoms with Gasteiger partial charge in [-0.3, -0.25) is 9.59 Å². The van der Waals surface area contributed by atoms with Gasteiger partial charge in [-0.25, -0.2) is 0 Å². The number of carbonyl (C=O) groups excluding carboxylic acids is 2. The average molecular weight is 292 g/mol. The number of anilines is 1. The topological polar surface area (TPSA) is 97.1 Å². The summed E-state index contributed by atoms with van der Waals surface area (Å²) < 4.78 is 5.10. The molecule has 1 aliphatic rings. The van der Waals surface area contributed by atoms with Crippen LogP contribution < -0.4 is 10.6 Å². The van der Waals surface area contributed by atoms with Crippen LogP contribution in [0.25, 0.3) is 10.8 Å². The first kappa shape index (κ1) is 12.8. The highest BCUT2D eigenvalue weighted by Crippen LogP contribution is 2.32. The van der Waals surface area contributed by atoms with Crippen molar-refractivity contribution < 1.29 is 14.1 Å². The number of nitrogens with zero attached hydrogens (tertiary/aromatic N) is 2. The lowest BCUT2D eigenvalue weighted by Crippen LogP contribution is -2.37. The Balaban J connectivity index is 1.77. The zero-order valence-electron chi connectivity index (χ0n) is 10.7. The first-order chi connectivity index (χ1) is 9.63. The Hall–Kier alpha value is -2.22. The van der Waals surface area contributed by atoms with Crippen molar-refractivity contribution >= 4 is 28.8 Å². The lowest BCUT2D eigenvalue weighted by atomic mass is 10.2. The zero-order chi connectivity index (χ0) is 14.1. The fourth-order valence-electron chi connectivity index (χ4n) is 1.99. The molecular weight excluding hydrogens is 280 g/mol. The van der Waals surface area contributed by atoms with Crippen LogP contribution in [0.5, 0.6) is 0 Å². The van der Waals surface area contributed by atoms with E-state index in [1.807, 2.05) is 5.38 Å². The van der Waals surface area contributed by atoms with Crippen LogP contribution in [0.2, 0.25) is 0 Å². The molecule has 20 heavy (non-hydrogen) atoms. The van der Waals surface area contributed by atoms with Crippen molar-refractivity contribution in [1.82, 2.24) is 15.5 Å².